The van der Waals surface area contributed by atoms with Gasteiger partial charge in [-0.25, -0.2) is 0 Å². The van der Waals surface area contributed by atoms with Crippen molar-refractivity contribution < 1.29 is 29.7 Å². The van der Waals surface area contributed by atoms with Gasteiger partial charge in [-0.1, -0.05) is 0 Å². The maximum Gasteiger partial charge on any atom is 0.267 e. The van der Waals surface area contributed by atoms with Gasteiger partial charge >= 0.3 is 0 Å². The highest BCUT2D eigenvalue weighted by molar-refractivity contribution is 7.79. The van der Waals surface area contributed by atoms with Gasteiger partial charge in [0, 0.05) is 26.3 Å². The van der Waals surface area contributed by atoms with Crippen LogP contribution in [0.25, 0.3) is 0 Å². The standard InChI is InChI=1S/C3H8N2S.HI/c1-5(2)3(4)6;/h1-2H3,(H2,4,6);1H. The van der Waals surface area contributed by atoms with Crippen molar-refractivity contribution in [1.82, 2.24) is 4.90 Å². The average Bonchev–Trinajstić information content (AvgIpc) is 1.36. The predicted octanol–water partition coefficient (Wildman–Crippen LogP) is -3.92. The van der Waals surface area contributed by atoms with Crippen molar-refractivity contribution in [2.24, 2.45) is 0 Å². The Bertz CT molecular complexity index is 64.0. The first-order chi connectivity index (χ1) is 2.64. The van der Waals surface area contributed by atoms with Crippen LogP contribution in [0.4, 0.5) is 0 Å². The van der Waals surface area contributed by atoms with E-state index in [-0.39, 0.29) is 24.0 Å². The summed E-state index contributed by atoms with van der Waals surface area (Å²) in [7, 11) is 3.74. The van der Waals surface area contributed by atoms with E-state index in [1.165, 1.54) is 0 Å². The number of nitrogens with zero attached hydrogens (tertiary/aromatic N) is 1. The highest BCUT2D eigenvalue weighted by atomic mass is 127. The van der Waals surface area contributed by atoms with Crippen molar-refractivity contribution in [2.45, 2.75) is 0 Å². The molecule has 0 atom stereocenters. The summed E-state index contributed by atoms with van der Waals surface area (Å²) in [4.78, 5) is 1.79. The van der Waals surface area contributed by atoms with Crippen molar-refractivity contribution >= 4 is 17.3 Å². The molecule has 7 heavy (non-hydrogen) atoms. The Hall–Kier alpha value is 0.580. The Labute approximate surface area is 66.1 Å². The third kappa shape index (κ3) is 6.58. The summed E-state index contributed by atoms with van der Waals surface area (Å²) < 4.78 is 0. The molecule has 0 bridgehead atoms. The first-order valence-electron chi connectivity index (χ1n) is 1.68. The zero-order chi connectivity index (χ0) is 5.15. The van der Waals surface area contributed by atoms with Crippen LogP contribution in [0.3, 0.4) is 0 Å². The molecule has 0 saturated carbocycles. The molecule has 0 heterocycles. The number of halogens is 1. The maximum atomic E-state index is 4.63. The molecule has 44 valence electrons. The van der Waals surface area contributed by atoms with Gasteiger partial charge in [0.25, 0.3) is 5.11 Å². The maximum absolute atomic E-state index is 4.63. The van der Waals surface area contributed by atoms with Crippen LogP contribution in [-0.4, -0.2) is 24.1 Å². The number of rotatable bonds is 0. The minimum absolute atomic E-state index is 0. The van der Waals surface area contributed by atoms with Gasteiger partial charge in [-0.2, -0.15) is 0 Å². The van der Waals surface area contributed by atoms with E-state index in [9.17, 15) is 0 Å². The monoisotopic (exact) mass is 232 g/mol. The van der Waals surface area contributed by atoms with E-state index in [4.69, 9.17) is 0 Å². The van der Waals surface area contributed by atoms with Crippen LogP contribution in [-0.2, 0) is 0 Å². The third-order valence-corrected chi connectivity index (χ3v) is 0.864. The summed E-state index contributed by atoms with van der Waals surface area (Å²) in [5.41, 5.74) is 3.50. The summed E-state index contributed by atoms with van der Waals surface area (Å²) >= 11 is 4.63. The van der Waals surface area contributed by atoms with Crippen LogP contribution < -0.4 is 29.7 Å². The molecule has 0 aliphatic rings. The van der Waals surface area contributed by atoms with Crippen molar-refractivity contribution in [3.05, 3.63) is 0 Å². The van der Waals surface area contributed by atoms with Crippen molar-refractivity contribution in [1.29, 1.82) is 0 Å². The van der Waals surface area contributed by atoms with Crippen molar-refractivity contribution in [3.8, 4) is 0 Å². The van der Waals surface area contributed by atoms with Crippen LogP contribution in [0.2, 0.25) is 0 Å². The molecule has 0 aliphatic carbocycles. The topological polar surface area (TPSA) is 30.9 Å². The Morgan fingerprint density at radius 1 is 1.57 bits per heavy atom. The summed E-state index contributed by atoms with van der Waals surface area (Å²) in [5.74, 6) is 0. The molecule has 4 heteroatoms. The van der Waals surface area contributed by atoms with E-state index in [0.717, 1.165) is 0 Å². The average molecular weight is 232 g/mol. The van der Waals surface area contributed by atoms with Crippen LogP contribution in [0.1, 0.15) is 0 Å². The molecule has 0 aromatic heterocycles. The van der Waals surface area contributed by atoms with E-state index in [0.29, 0.717) is 5.11 Å². The number of quaternary nitrogens is 1. The molecular formula is C3H9IN2S. The van der Waals surface area contributed by atoms with Gasteiger partial charge in [-0.05, 0) is 0 Å². The fourth-order valence-corrected chi connectivity index (χ4v) is 0. The Morgan fingerprint density at radius 3 is 1.71 bits per heavy atom. The zero-order valence-electron chi connectivity index (χ0n) is 4.44. The molecule has 0 aromatic rings. The van der Waals surface area contributed by atoms with E-state index in [1.807, 2.05) is 14.1 Å². The molecular weight excluding hydrogens is 223 g/mol. The lowest BCUT2D eigenvalue weighted by Crippen LogP contribution is -3.00. The fraction of sp³-hybridized carbons (Fsp3) is 0.667. The number of thiocarbonyl (C=S) groups is 1. The highest BCUT2D eigenvalue weighted by Crippen LogP contribution is 1.64. The van der Waals surface area contributed by atoms with Gasteiger partial charge in [0.05, 0.1) is 0 Å². The highest BCUT2D eigenvalue weighted by Gasteiger charge is 1.88. The molecule has 0 unspecified atom stereocenters. The molecule has 0 fully saturated rings. The first kappa shape index (κ1) is 10.5. The number of hydrogen-bond acceptors (Lipinski definition) is 1. The lowest BCUT2D eigenvalue weighted by molar-refractivity contribution is -0.225. The van der Waals surface area contributed by atoms with E-state index < -0.39 is 0 Å². The Kier molecular flexibility index (Phi) is 7.13. The summed E-state index contributed by atoms with van der Waals surface area (Å²) in [6.07, 6.45) is 0. The molecule has 0 aliphatic heterocycles. The third-order valence-electron chi connectivity index (χ3n) is 0.499. The van der Waals surface area contributed by atoms with E-state index in [1.54, 1.807) is 4.90 Å². The molecule has 3 N–H and O–H groups in total. The molecule has 0 radical (unpaired) electrons. The molecule has 0 saturated heterocycles. The minimum atomic E-state index is 0. The van der Waals surface area contributed by atoms with Gasteiger partial charge < -0.3 is 34.6 Å². The van der Waals surface area contributed by atoms with Gasteiger partial charge in [0.2, 0.25) is 0 Å². The van der Waals surface area contributed by atoms with Crippen LogP contribution in [0.15, 0.2) is 0 Å². The van der Waals surface area contributed by atoms with Gasteiger partial charge in [0.1, 0.15) is 0 Å². The molecule has 2 nitrogen and oxygen atoms in total. The smallest absolute Gasteiger partial charge is 0.267 e. The van der Waals surface area contributed by atoms with Crippen molar-refractivity contribution in [2.75, 3.05) is 14.1 Å². The lowest BCUT2D eigenvalue weighted by Gasteiger charge is -2.01. The largest absolute Gasteiger partial charge is 1.00 e. The van der Waals surface area contributed by atoms with Gasteiger partial charge in [-0.3, -0.25) is 0 Å². The molecule has 0 rings (SSSR count). The summed E-state index contributed by atoms with van der Waals surface area (Å²) in [6, 6.07) is 0. The van der Waals surface area contributed by atoms with Crippen LogP contribution in [0.5, 0.6) is 0 Å². The molecule has 0 amide bonds. The van der Waals surface area contributed by atoms with Crippen molar-refractivity contribution in [3.63, 3.8) is 0 Å². The Morgan fingerprint density at radius 2 is 1.71 bits per heavy atom. The quantitative estimate of drug-likeness (QED) is 0.342. The van der Waals surface area contributed by atoms with E-state index >= 15 is 0 Å². The second kappa shape index (κ2) is 4.73. The lowest BCUT2D eigenvalue weighted by atomic mass is 10.9. The molecule has 0 spiro atoms. The number of hydrogen-bond donors (Lipinski definition) is 1. The van der Waals surface area contributed by atoms with Gasteiger partial charge in [-0.15, -0.1) is 0 Å². The minimum Gasteiger partial charge on any atom is -1.00 e. The first-order valence-corrected chi connectivity index (χ1v) is 2.08. The zero-order valence-corrected chi connectivity index (χ0v) is 7.41. The predicted molar refractivity (Wildman–Crippen MR) is 29.2 cm³/mol. The fourth-order valence-electron chi connectivity index (χ4n) is 0. The van der Waals surface area contributed by atoms with Gasteiger partial charge in [0.15, 0.2) is 0 Å². The van der Waals surface area contributed by atoms with Crippen LogP contribution >= 0.6 is 12.2 Å². The van der Waals surface area contributed by atoms with E-state index in [2.05, 4.69) is 18.0 Å². The molecule has 0 aromatic carbocycles. The summed E-state index contributed by atoms with van der Waals surface area (Å²) in [6.45, 7) is 0. The second-order valence-corrected chi connectivity index (χ2v) is 1.76. The normalized spacial score (nSPS) is 6.71. The SMILES string of the molecule is CN(C)C([NH3+])=S.[I-]. The van der Waals surface area contributed by atoms with Crippen LogP contribution in [0, 0.1) is 0 Å². The Balaban J connectivity index is 0. The summed E-state index contributed by atoms with van der Waals surface area (Å²) in [5, 5.41) is 0.676. The second-order valence-electron chi connectivity index (χ2n) is 1.29.